The number of carboxylic acids is 2. The number of carbonyl (C=O) groups excluding carboxylic acids is 1. The molecule has 7 heteroatoms. The number of pyridine rings is 1. The minimum Gasteiger partial charge on any atom is -0.481 e. The number of rotatable bonds is 6. The lowest BCUT2D eigenvalue weighted by molar-refractivity contribution is -0.140. The Morgan fingerprint density at radius 2 is 1.86 bits per heavy atom. The van der Waals surface area contributed by atoms with Crippen LogP contribution in [0, 0.1) is 0 Å². The average Bonchev–Trinajstić information content (AvgIpc) is 2.50. The highest BCUT2D eigenvalue weighted by molar-refractivity contribution is 6.06. The molecule has 1 aromatic carbocycles. The first kappa shape index (κ1) is 15.4. The second kappa shape index (κ2) is 6.66. The molecule has 1 amide bonds. The normalized spacial score (nSPS) is 11.8. The van der Waals surface area contributed by atoms with E-state index in [1.807, 2.05) is 0 Å². The monoisotopic (exact) mass is 302 g/mol. The zero-order chi connectivity index (χ0) is 16.1. The number of nitrogens with zero attached hydrogens (tertiary/aromatic N) is 1. The number of fused-ring (bicyclic) bond motifs is 1. The molecule has 3 N–H and O–H groups in total. The van der Waals surface area contributed by atoms with E-state index in [0.29, 0.717) is 16.5 Å². The van der Waals surface area contributed by atoms with E-state index in [1.54, 1.807) is 24.3 Å². The maximum atomic E-state index is 12.3. The summed E-state index contributed by atoms with van der Waals surface area (Å²) in [5.74, 6) is -2.96. The zero-order valence-corrected chi connectivity index (χ0v) is 11.5. The van der Waals surface area contributed by atoms with Crippen LogP contribution >= 0.6 is 0 Å². The molecule has 1 heterocycles. The van der Waals surface area contributed by atoms with E-state index in [1.165, 1.54) is 12.3 Å². The van der Waals surface area contributed by atoms with E-state index >= 15 is 0 Å². The first-order valence-electron chi connectivity index (χ1n) is 6.58. The third-order valence-electron chi connectivity index (χ3n) is 3.14. The van der Waals surface area contributed by atoms with Crippen LogP contribution in [0.3, 0.4) is 0 Å². The van der Waals surface area contributed by atoms with Gasteiger partial charge in [-0.3, -0.25) is 14.6 Å². The van der Waals surface area contributed by atoms with Crippen LogP contribution < -0.4 is 5.32 Å². The predicted molar refractivity (Wildman–Crippen MR) is 77.5 cm³/mol. The quantitative estimate of drug-likeness (QED) is 0.740. The van der Waals surface area contributed by atoms with E-state index < -0.39 is 23.9 Å². The highest BCUT2D eigenvalue weighted by Gasteiger charge is 2.22. The van der Waals surface area contributed by atoms with Gasteiger partial charge in [0.25, 0.3) is 5.91 Å². The number of nitrogens with one attached hydrogen (secondary N) is 1. The topological polar surface area (TPSA) is 117 Å². The second-order valence-corrected chi connectivity index (χ2v) is 4.67. The van der Waals surface area contributed by atoms with Gasteiger partial charge < -0.3 is 15.5 Å². The molecule has 0 saturated heterocycles. The van der Waals surface area contributed by atoms with Gasteiger partial charge in [-0.05, 0) is 18.6 Å². The van der Waals surface area contributed by atoms with Gasteiger partial charge in [-0.2, -0.15) is 0 Å². The molecule has 2 rings (SSSR count). The van der Waals surface area contributed by atoms with E-state index in [0.717, 1.165) is 0 Å². The number of carboxylic acid groups (broad SMARTS) is 2. The first-order valence-corrected chi connectivity index (χ1v) is 6.58. The lowest BCUT2D eigenvalue weighted by Crippen LogP contribution is -2.41. The van der Waals surface area contributed by atoms with Crippen LogP contribution in [0.1, 0.15) is 23.2 Å². The van der Waals surface area contributed by atoms with Crippen LogP contribution in [0.4, 0.5) is 0 Å². The van der Waals surface area contributed by atoms with Gasteiger partial charge in [0.1, 0.15) is 6.04 Å². The van der Waals surface area contributed by atoms with Crippen molar-refractivity contribution in [2.75, 3.05) is 0 Å². The van der Waals surface area contributed by atoms with Gasteiger partial charge in [-0.15, -0.1) is 0 Å². The molecule has 0 fully saturated rings. The maximum Gasteiger partial charge on any atom is 0.326 e. The SMILES string of the molecule is O=C(O)CCC(NC(=O)c1ccnc2ccccc12)C(=O)O. The second-order valence-electron chi connectivity index (χ2n) is 4.67. The lowest BCUT2D eigenvalue weighted by atomic mass is 10.1. The van der Waals surface area contributed by atoms with Crippen molar-refractivity contribution in [2.24, 2.45) is 0 Å². The van der Waals surface area contributed by atoms with Gasteiger partial charge in [0.05, 0.1) is 11.1 Å². The van der Waals surface area contributed by atoms with Crippen molar-refractivity contribution in [3.8, 4) is 0 Å². The van der Waals surface area contributed by atoms with Crippen LogP contribution in [0.2, 0.25) is 0 Å². The fourth-order valence-electron chi connectivity index (χ4n) is 2.06. The van der Waals surface area contributed by atoms with Crippen molar-refractivity contribution < 1.29 is 24.6 Å². The largest absolute Gasteiger partial charge is 0.481 e. The minimum absolute atomic E-state index is 0.181. The van der Waals surface area contributed by atoms with Crippen molar-refractivity contribution >= 4 is 28.7 Å². The molecule has 0 saturated carbocycles. The van der Waals surface area contributed by atoms with Crippen molar-refractivity contribution in [1.82, 2.24) is 10.3 Å². The number of aliphatic carboxylic acids is 2. The summed E-state index contributed by atoms with van der Waals surface area (Å²) in [4.78, 5) is 38.1. The van der Waals surface area contributed by atoms with Crippen LogP contribution in [0.15, 0.2) is 36.5 Å². The fraction of sp³-hybridized carbons (Fsp3) is 0.200. The van der Waals surface area contributed by atoms with Crippen LogP contribution in [0.25, 0.3) is 10.9 Å². The molecule has 7 nitrogen and oxygen atoms in total. The van der Waals surface area contributed by atoms with Crippen molar-refractivity contribution in [3.63, 3.8) is 0 Å². The van der Waals surface area contributed by atoms with Gasteiger partial charge in [0.15, 0.2) is 0 Å². The van der Waals surface area contributed by atoms with E-state index in [4.69, 9.17) is 10.2 Å². The molecule has 0 aliphatic rings. The highest BCUT2D eigenvalue weighted by atomic mass is 16.4. The van der Waals surface area contributed by atoms with Gasteiger partial charge in [0.2, 0.25) is 0 Å². The van der Waals surface area contributed by atoms with Gasteiger partial charge in [0, 0.05) is 18.0 Å². The molecule has 1 unspecified atom stereocenters. The molecule has 0 aliphatic carbocycles. The summed E-state index contributed by atoms with van der Waals surface area (Å²) >= 11 is 0. The fourth-order valence-corrected chi connectivity index (χ4v) is 2.06. The number of hydrogen-bond acceptors (Lipinski definition) is 4. The summed E-state index contributed by atoms with van der Waals surface area (Å²) in [7, 11) is 0. The van der Waals surface area contributed by atoms with Gasteiger partial charge in [-0.25, -0.2) is 4.79 Å². The number of amides is 1. The first-order chi connectivity index (χ1) is 10.5. The molecule has 0 spiro atoms. The number of carbonyl (C=O) groups is 3. The highest BCUT2D eigenvalue weighted by Crippen LogP contribution is 2.16. The molecule has 1 aromatic heterocycles. The molecule has 0 radical (unpaired) electrons. The van der Waals surface area contributed by atoms with Crippen molar-refractivity contribution in [3.05, 3.63) is 42.1 Å². The minimum atomic E-state index is -1.27. The molecular formula is C15H14N2O5. The van der Waals surface area contributed by atoms with Crippen LogP contribution in [-0.4, -0.2) is 39.1 Å². The van der Waals surface area contributed by atoms with Gasteiger partial charge >= 0.3 is 11.9 Å². The van der Waals surface area contributed by atoms with E-state index in [2.05, 4.69) is 10.3 Å². The molecule has 1 atom stereocenters. The van der Waals surface area contributed by atoms with E-state index in [9.17, 15) is 14.4 Å². The summed E-state index contributed by atoms with van der Waals surface area (Å²) in [6.07, 6.45) is 0.942. The summed E-state index contributed by atoms with van der Waals surface area (Å²) in [6.45, 7) is 0. The zero-order valence-electron chi connectivity index (χ0n) is 11.5. The number of para-hydroxylation sites is 1. The Bertz CT molecular complexity index is 723. The summed E-state index contributed by atoms with van der Waals surface area (Å²) in [6, 6.07) is 7.23. The molecule has 0 bridgehead atoms. The standard InChI is InChI=1S/C15H14N2O5/c18-13(19)6-5-12(15(21)22)17-14(20)10-7-8-16-11-4-2-1-3-9(10)11/h1-4,7-8,12H,5-6H2,(H,17,20)(H,18,19)(H,21,22). The summed E-state index contributed by atoms with van der Waals surface area (Å²) in [5, 5.41) is 20.7. The smallest absolute Gasteiger partial charge is 0.326 e. The molecule has 22 heavy (non-hydrogen) atoms. The number of hydrogen-bond donors (Lipinski definition) is 3. The van der Waals surface area contributed by atoms with Crippen LogP contribution in [0.5, 0.6) is 0 Å². The summed E-state index contributed by atoms with van der Waals surface area (Å²) in [5.41, 5.74) is 0.916. The van der Waals surface area contributed by atoms with Gasteiger partial charge in [-0.1, -0.05) is 18.2 Å². The third kappa shape index (κ3) is 3.57. The van der Waals surface area contributed by atoms with Crippen molar-refractivity contribution in [1.29, 1.82) is 0 Å². The molecular weight excluding hydrogens is 288 g/mol. The number of benzene rings is 1. The Kier molecular flexibility index (Phi) is 4.67. The van der Waals surface area contributed by atoms with Crippen LogP contribution in [-0.2, 0) is 9.59 Å². The Morgan fingerprint density at radius 3 is 2.55 bits per heavy atom. The molecule has 114 valence electrons. The predicted octanol–water partition coefficient (Wildman–Crippen LogP) is 1.28. The molecule has 0 aliphatic heterocycles. The molecule has 2 aromatic rings. The Hall–Kier alpha value is -2.96. The summed E-state index contributed by atoms with van der Waals surface area (Å²) < 4.78 is 0. The number of aromatic nitrogens is 1. The lowest BCUT2D eigenvalue weighted by Gasteiger charge is -2.14. The third-order valence-corrected chi connectivity index (χ3v) is 3.14. The Labute approximate surface area is 125 Å². The van der Waals surface area contributed by atoms with Crippen molar-refractivity contribution in [2.45, 2.75) is 18.9 Å². The van der Waals surface area contributed by atoms with E-state index in [-0.39, 0.29) is 12.8 Å². The Morgan fingerprint density at radius 1 is 1.14 bits per heavy atom. The maximum absolute atomic E-state index is 12.3. The average molecular weight is 302 g/mol. The Balaban J connectivity index is 2.22.